The highest BCUT2D eigenvalue weighted by Gasteiger charge is 2.34. The maximum Gasteiger partial charge on any atom is 0.338 e. The molecular formula is C23H26N2O4. The zero-order chi connectivity index (χ0) is 20.6. The quantitative estimate of drug-likeness (QED) is 0.520. The molecule has 0 aliphatic carbocycles. The number of carbonyl (C=O) groups excluding carboxylic acids is 2. The first kappa shape index (κ1) is 20.5. The van der Waals surface area contributed by atoms with Gasteiger partial charge in [-0.25, -0.2) is 9.59 Å². The van der Waals surface area contributed by atoms with E-state index in [-0.39, 0.29) is 12.6 Å². The summed E-state index contributed by atoms with van der Waals surface area (Å²) in [6, 6.07) is 15.7. The Hall–Kier alpha value is -3.28. The fourth-order valence-electron chi connectivity index (χ4n) is 3.19. The summed E-state index contributed by atoms with van der Waals surface area (Å²) in [7, 11) is 0. The van der Waals surface area contributed by atoms with Crippen molar-refractivity contribution in [2.75, 3.05) is 13.2 Å². The summed E-state index contributed by atoms with van der Waals surface area (Å²) in [4.78, 5) is 25.3. The Morgan fingerprint density at radius 1 is 1.07 bits per heavy atom. The molecule has 0 saturated carbocycles. The van der Waals surface area contributed by atoms with Gasteiger partial charge in [0.25, 0.3) is 0 Å². The molecule has 0 saturated heterocycles. The molecule has 0 radical (unpaired) electrons. The van der Waals surface area contributed by atoms with Gasteiger partial charge in [-0.05, 0) is 36.6 Å². The zero-order valence-electron chi connectivity index (χ0n) is 16.7. The fourth-order valence-corrected chi connectivity index (χ4v) is 3.19. The molecule has 1 atom stereocenters. The van der Waals surface area contributed by atoms with E-state index >= 15 is 0 Å². The number of ether oxygens (including phenoxy) is 2. The van der Waals surface area contributed by atoms with Crippen LogP contribution in [-0.4, -0.2) is 25.2 Å². The van der Waals surface area contributed by atoms with Gasteiger partial charge in [0.15, 0.2) is 0 Å². The number of hydrogen-bond acceptors (Lipinski definition) is 4. The third-order valence-electron chi connectivity index (χ3n) is 4.59. The van der Waals surface area contributed by atoms with Gasteiger partial charge in [-0.15, -0.1) is 0 Å². The third-order valence-corrected chi connectivity index (χ3v) is 4.59. The van der Waals surface area contributed by atoms with E-state index in [1.165, 1.54) is 0 Å². The standard InChI is InChI=1S/C23H26N2O4/c1-3-5-14-29-18-13-9-12-17(15-18)21-19(22(26)28-4-2)20(24-23(27)25-21)16-10-7-6-8-11-16/h6-13,15,21H,3-5,14H2,1-2H3,(H2,24,25,27). The van der Waals surface area contributed by atoms with E-state index in [4.69, 9.17) is 9.47 Å². The number of rotatable bonds is 8. The Balaban J connectivity index is 2.04. The van der Waals surface area contributed by atoms with Crippen LogP contribution in [0, 0.1) is 0 Å². The smallest absolute Gasteiger partial charge is 0.338 e. The maximum absolute atomic E-state index is 12.9. The fraction of sp³-hybridized carbons (Fsp3) is 0.304. The largest absolute Gasteiger partial charge is 0.494 e. The lowest BCUT2D eigenvalue weighted by Gasteiger charge is -2.29. The van der Waals surface area contributed by atoms with Crippen LogP contribution in [0.4, 0.5) is 4.79 Å². The Labute approximate surface area is 170 Å². The second-order valence-corrected chi connectivity index (χ2v) is 6.68. The number of hydrogen-bond donors (Lipinski definition) is 2. The number of esters is 1. The topological polar surface area (TPSA) is 76.7 Å². The lowest BCUT2D eigenvalue weighted by atomic mass is 9.92. The Morgan fingerprint density at radius 3 is 2.59 bits per heavy atom. The predicted octanol–water partition coefficient (Wildman–Crippen LogP) is 4.19. The van der Waals surface area contributed by atoms with Crippen LogP contribution in [-0.2, 0) is 9.53 Å². The van der Waals surface area contributed by atoms with Gasteiger partial charge in [0.05, 0.1) is 30.5 Å². The molecule has 152 valence electrons. The molecule has 0 spiro atoms. The molecule has 2 aromatic carbocycles. The van der Waals surface area contributed by atoms with Gasteiger partial charge in [-0.1, -0.05) is 55.8 Å². The highest BCUT2D eigenvalue weighted by molar-refractivity contribution is 6.04. The minimum Gasteiger partial charge on any atom is -0.494 e. The van der Waals surface area contributed by atoms with E-state index < -0.39 is 12.0 Å². The van der Waals surface area contributed by atoms with Gasteiger partial charge in [0, 0.05) is 0 Å². The van der Waals surface area contributed by atoms with Crippen molar-refractivity contribution in [3.8, 4) is 5.75 Å². The van der Waals surface area contributed by atoms with Crippen LogP contribution >= 0.6 is 0 Å². The second kappa shape index (κ2) is 9.78. The van der Waals surface area contributed by atoms with Crippen LogP contribution in [0.15, 0.2) is 60.2 Å². The second-order valence-electron chi connectivity index (χ2n) is 6.68. The van der Waals surface area contributed by atoms with Crippen molar-refractivity contribution in [2.24, 2.45) is 0 Å². The van der Waals surface area contributed by atoms with Crippen molar-refractivity contribution in [1.29, 1.82) is 0 Å². The predicted molar refractivity (Wildman–Crippen MR) is 111 cm³/mol. The number of urea groups is 1. The average molecular weight is 394 g/mol. The minimum absolute atomic E-state index is 0.241. The number of benzene rings is 2. The van der Waals surface area contributed by atoms with Crippen LogP contribution in [0.2, 0.25) is 0 Å². The summed E-state index contributed by atoms with van der Waals surface area (Å²) in [6.07, 6.45) is 2.00. The molecular weight excluding hydrogens is 368 g/mol. The molecule has 1 aliphatic rings. The van der Waals surface area contributed by atoms with E-state index in [2.05, 4.69) is 17.6 Å². The molecule has 6 heteroatoms. The van der Waals surface area contributed by atoms with Crippen molar-refractivity contribution in [3.63, 3.8) is 0 Å². The number of amides is 2. The molecule has 2 amide bonds. The Bertz CT molecular complexity index is 893. The molecule has 6 nitrogen and oxygen atoms in total. The summed E-state index contributed by atoms with van der Waals surface area (Å²) in [5.41, 5.74) is 2.31. The van der Waals surface area contributed by atoms with Crippen molar-refractivity contribution >= 4 is 17.7 Å². The average Bonchev–Trinajstić information content (AvgIpc) is 2.74. The van der Waals surface area contributed by atoms with Gasteiger partial charge in [0.2, 0.25) is 0 Å². The molecule has 0 bridgehead atoms. The molecule has 0 aromatic heterocycles. The van der Waals surface area contributed by atoms with Crippen LogP contribution in [0.1, 0.15) is 43.9 Å². The maximum atomic E-state index is 12.9. The van der Waals surface area contributed by atoms with Gasteiger partial charge >= 0.3 is 12.0 Å². The molecule has 1 aliphatic heterocycles. The zero-order valence-corrected chi connectivity index (χ0v) is 16.7. The molecule has 2 aromatic rings. The van der Waals surface area contributed by atoms with Crippen molar-refractivity contribution < 1.29 is 19.1 Å². The van der Waals surface area contributed by atoms with Crippen molar-refractivity contribution in [3.05, 3.63) is 71.3 Å². The van der Waals surface area contributed by atoms with Crippen LogP contribution in [0.5, 0.6) is 5.75 Å². The van der Waals surface area contributed by atoms with Gasteiger partial charge in [-0.2, -0.15) is 0 Å². The summed E-state index contributed by atoms with van der Waals surface area (Å²) in [5, 5.41) is 5.63. The summed E-state index contributed by atoms with van der Waals surface area (Å²) < 4.78 is 11.1. The van der Waals surface area contributed by atoms with Crippen LogP contribution in [0.25, 0.3) is 5.70 Å². The van der Waals surface area contributed by atoms with E-state index in [9.17, 15) is 9.59 Å². The monoisotopic (exact) mass is 394 g/mol. The summed E-state index contributed by atoms with van der Waals surface area (Å²) in [6.45, 7) is 4.72. The lowest BCUT2D eigenvalue weighted by Crippen LogP contribution is -2.45. The van der Waals surface area contributed by atoms with E-state index in [0.717, 1.165) is 24.0 Å². The molecule has 1 unspecified atom stereocenters. The number of carbonyl (C=O) groups is 2. The number of nitrogens with one attached hydrogen (secondary N) is 2. The first-order valence-corrected chi connectivity index (χ1v) is 9.91. The highest BCUT2D eigenvalue weighted by Crippen LogP contribution is 2.33. The normalized spacial score (nSPS) is 16.1. The molecule has 2 N–H and O–H groups in total. The lowest BCUT2D eigenvalue weighted by molar-refractivity contribution is -0.138. The van der Waals surface area contributed by atoms with Crippen molar-refractivity contribution in [1.82, 2.24) is 10.6 Å². The van der Waals surface area contributed by atoms with E-state index in [1.807, 2.05) is 54.6 Å². The Morgan fingerprint density at radius 2 is 1.86 bits per heavy atom. The van der Waals surface area contributed by atoms with E-state index in [1.54, 1.807) is 6.92 Å². The summed E-state index contributed by atoms with van der Waals surface area (Å²) in [5.74, 6) is 0.231. The third kappa shape index (κ3) is 4.96. The van der Waals surface area contributed by atoms with E-state index in [0.29, 0.717) is 23.6 Å². The van der Waals surface area contributed by atoms with Crippen LogP contribution < -0.4 is 15.4 Å². The van der Waals surface area contributed by atoms with Gasteiger partial charge in [0.1, 0.15) is 5.75 Å². The first-order chi connectivity index (χ1) is 14.1. The van der Waals surface area contributed by atoms with Gasteiger partial charge < -0.3 is 20.1 Å². The highest BCUT2D eigenvalue weighted by atomic mass is 16.5. The molecule has 29 heavy (non-hydrogen) atoms. The van der Waals surface area contributed by atoms with Crippen LogP contribution in [0.3, 0.4) is 0 Å². The molecule has 1 heterocycles. The molecule has 3 rings (SSSR count). The molecule has 0 fully saturated rings. The summed E-state index contributed by atoms with van der Waals surface area (Å²) >= 11 is 0. The number of unbranched alkanes of at least 4 members (excludes halogenated alkanes) is 1. The minimum atomic E-state index is -0.646. The van der Waals surface area contributed by atoms with Gasteiger partial charge in [-0.3, -0.25) is 0 Å². The van der Waals surface area contributed by atoms with Crippen molar-refractivity contribution in [2.45, 2.75) is 32.7 Å². The SMILES string of the molecule is CCCCOc1cccc(C2NC(=O)NC(c3ccccc3)=C2C(=O)OCC)c1. The Kier molecular flexibility index (Phi) is 6.89. The first-order valence-electron chi connectivity index (χ1n) is 9.91.